The van der Waals surface area contributed by atoms with Gasteiger partial charge in [-0.15, -0.1) is 10.9 Å². The predicted molar refractivity (Wildman–Crippen MR) is 227 cm³/mol. The fourth-order valence-corrected chi connectivity index (χ4v) is 9.73. The zero-order valence-electron chi connectivity index (χ0n) is 33.5. The molecule has 6 heteroatoms. The number of benzene rings is 4. The first-order chi connectivity index (χ1) is 23.9. The molecular weight excluding hydrogens is 661 g/mol. The van der Waals surface area contributed by atoms with Crippen LogP contribution in [0.5, 0.6) is 0 Å². The molecule has 1 aromatic heterocycles. The van der Waals surface area contributed by atoms with Crippen molar-refractivity contribution in [3.05, 3.63) is 129 Å². The van der Waals surface area contributed by atoms with Gasteiger partial charge in [0.05, 0.1) is 6.60 Å². The number of halogens is 2. The highest BCUT2D eigenvalue weighted by atomic mass is 35.5. The highest BCUT2D eigenvalue weighted by molar-refractivity contribution is 7.78. The molecule has 0 saturated carbocycles. The van der Waals surface area contributed by atoms with E-state index in [2.05, 4.69) is 179 Å². The van der Waals surface area contributed by atoms with Crippen molar-refractivity contribution in [1.29, 1.82) is 0 Å². The summed E-state index contributed by atoms with van der Waals surface area (Å²) in [6.45, 7) is 31.2. The lowest BCUT2D eigenvalue weighted by Crippen LogP contribution is -2.73. The third-order valence-corrected chi connectivity index (χ3v) is 11.8. The van der Waals surface area contributed by atoms with Crippen LogP contribution >= 0.6 is 22.9 Å². The molecule has 5 rings (SSSR count). The van der Waals surface area contributed by atoms with Gasteiger partial charge in [0, 0.05) is 22.3 Å². The molecule has 0 aliphatic heterocycles. The molecule has 0 fully saturated rings. The van der Waals surface area contributed by atoms with Crippen LogP contribution in [-0.2, 0) is 0 Å². The number of hydrogen-bond donors (Lipinski definition) is 0. The van der Waals surface area contributed by atoms with Crippen molar-refractivity contribution in [3.63, 3.8) is 0 Å². The van der Waals surface area contributed by atoms with Gasteiger partial charge in [0.15, 0.2) is 0 Å². The van der Waals surface area contributed by atoms with Gasteiger partial charge in [-0.1, -0.05) is 149 Å². The second kappa shape index (κ2) is 15.0. The summed E-state index contributed by atoms with van der Waals surface area (Å²) in [7, 11) is 0. The fourth-order valence-electron chi connectivity index (χ4n) is 8.81. The van der Waals surface area contributed by atoms with Crippen LogP contribution in [0.1, 0.15) is 135 Å². The van der Waals surface area contributed by atoms with E-state index in [1.807, 2.05) is 0 Å². The van der Waals surface area contributed by atoms with Gasteiger partial charge in [0.1, 0.15) is 29.5 Å². The largest absolute Gasteiger partial charge is 0.361 e. The molecule has 0 amide bonds. The van der Waals surface area contributed by atoms with E-state index < -0.39 is 4.87 Å². The molecule has 0 saturated heterocycles. The maximum absolute atomic E-state index is 8.43. The molecule has 0 radical (unpaired) electrons. The summed E-state index contributed by atoms with van der Waals surface area (Å²) in [6, 6.07) is 22.7. The topological polar surface area (TPSA) is 8.81 Å². The summed E-state index contributed by atoms with van der Waals surface area (Å²) in [5.41, 5.74) is 18.2. The van der Waals surface area contributed by atoms with Crippen LogP contribution in [-0.4, -0.2) is 16.0 Å². The van der Waals surface area contributed by atoms with Crippen molar-refractivity contribution < 1.29 is 4.57 Å². The van der Waals surface area contributed by atoms with Gasteiger partial charge in [-0.25, -0.2) is 9.13 Å². The van der Waals surface area contributed by atoms with Gasteiger partial charge in [-0.3, -0.25) is 0 Å². The standard InChI is InChI=1S/C45H58B2Cl2N2/c1-27(2)37-17-15-18-38(28(3)4)43(37)50-21-22-51(44-39(29(5)6)19-16-20-40(44)30(7)8)45(50)47(48,49)46(41-33(11)23-31(9)24-34(41)12)42-35(13)25-32(10)26-36(42)14/h15-30H,1-14H3. The van der Waals surface area contributed by atoms with E-state index in [1.54, 1.807) is 0 Å². The number of nitrogens with zero attached hydrogens (tertiary/aromatic N) is 2. The van der Waals surface area contributed by atoms with Gasteiger partial charge in [0.2, 0.25) is 0 Å². The molecule has 0 unspecified atom stereocenters. The monoisotopic (exact) mass is 718 g/mol. The van der Waals surface area contributed by atoms with E-state index in [9.17, 15) is 0 Å². The van der Waals surface area contributed by atoms with Gasteiger partial charge >= 0.3 is 0 Å². The first kappa shape index (κ1) is 39.0. The smallest absolute Gasteiger partial charge is 0.265 e. The van der Waals surface area contributed by atoms with Crippen LogP contribution in [0, 0.1) is 41.5 Å². The van der Waals surface area contributed by atoms with Crippen LogP contribution in [0.2, 0.25) is 0 Å². The summed E-state index contributed by atoms with van der Waals surface area (Å²) >= 11 is 16.9. The highest BCUT2D eigenvalue weighted by Crippen LogP contribution is 2.34. The number of imidazole rings is 1. The lowest BCUT2D eigenvalue weighted by molar-refractivity contribution is -0.577. The van der Waals surface area contributed by atoms with E-state index in [0.717, 1.165) is 5.72 Å². The highest BCUT2D eigenvalue weighted by Gasteiger charge is 2.47. The van der Waals surface area contributed by atoms with Crippen LogP contribution in [0.4, 0.5) is 0 Å². The SMILES string of the molecule is Cc1cc(C)c(B(c2c(C)cc(C)cc2C)[B-](Cl)(Cl)c2n(-c3c(C(C)C)cccc3C(C)C)cc[n+]2-c2c(C(C)C)cccc2C(C)C)c(C)c1. The normalized spacial score (nSPS) is 12.2. The van der Waals surface area contributed by atoms with Crippen molar-refractivity contribution >= 4 is 51.0 Å². The zero-order chi connectivity index (χ0) is 37.7. The number of rotatable bonds is 10. The Morgan fingerprint density at radius 3 is 1.27 bits per heavy atom. The molecule has 0 aliphatic carbocycles. The minimum Gasteiger partial charge on any atom is -0.361 e. The van der Waals surface area contributed by atoms with E-state index in [1.165, 1.54) is 77.9 Å². The lowest BCUT2D eigenvalue weighted by Gasteiger charge is -2.38. The molecule has 0 atom stereocenters. The Bertz CT molecular complexity index is 1830. The van der Waals surface area contributed by atoms with Crippen molar-refractivity contribution in [3.8, 4) is 11.4 Å². The number of aryl methyl sites for hydroxylation is 6. The van der Waals surface area contributed by atoms with Gasteiger partial charge in [-0.2, -0.15) is 0 Å². The number of hydrogen-bond acceptors (Lipinski definition) is 0. The minimum absolute atomic E-state index is 0.295. The number of aromatic nitrogens is 2. The molecule has 0 aliphatic rings. The van der Waals surface area contributed by atoms with Crippen LogP contribution in [0.15, 0.2) is 73.1 Å². The van der Waals surface area contributed by atoms with Gasteiger partial charge < -0.3 is 22.9 Å². The average molecular weight is 720 g/mol. The molecule has 4 aromatic carbocycles. The molecule has 0 bridgehead atoms. The van der Waals surface area contributed by atoms with E-state index in [4.69, 9.17) is 22.9 Å². The van der Waals surface area contributed by atoms with Gasteiger partial charge in [-0.05, 0) is 65.2 Å². The number of para-hydroxylation sites is 2. The van der Waals surface area contributed by atoms with Crippen molar-refractivity contribution in [1.82, 2.24) is 4.57 Å². The third kappa shape index (κ3) is 7.25. The van der Waals surface area contributed by atoms with E-state index in [-0.39, 0.29) is 6.60 Å². The molecule has 2 nitrogen and oxygen atoms in total. The second-order valence-electron chi connectivity index (χ2n) is 16.4. The molecule has 5 aromatic rings. The average Bonchev–Trinajstić information content (AvgIpc) is 3.47. The Balaban J connectivity index is 2.05. The second-order valence-corrected chi connectivity index (χ2v) is 18.0. The third-order valence-electron chi connectivity index (χ3n) is 10.9. The summed E-state index contributed by atoms with van der Waals surface area (Å²) in [5, 5.41) is 0. The summed E-state index contributed by atoms with van der Waals surface area (Å²) < 4.78 is 4.74. The molecule has 0 spiro atoms. The van der Waals surface area contributed by atoms with E-state index >= 15 is 0 Å². The summed E-state index contributed by atoms with van der Waals surface area (Å²) in [6.07, 6.45) is 4.46. The molecule has 0 N–H and O–H groups in total. The van der Waals surface area contributed by atoms with Crippen molar-refractivity contribution in [2.75, 3.05) is 0 Å². The first-order valence-electron chi connectivity index (χ1n) is 19.0. The predicted octanol–water partition coefficient (Wildman–Crippen LogP) is 10.6. The molecule has 268 valence electrons. The first-order valence-corrected chi connectivity index (χ1v) is 19.8. The van der Waals surface area contributed by atoms with Crippen molar-refractivity contribution in [2.45, 2.75) is 121 Å². The van der Waals surface area contributed by atoms with Gasteiger partial charge in [0.25, 0.3) is 4.87 Å². The fraction of sp³-hybridized carbons (Fsp3) is 0.400. The maximum atomic E-state index is 8.43. The Morgan fingerprint density at radius 2 is 0.922 bits per heavy atom. The molecular formula is C45H58B2Cl2N2. The quantitative estimate of drug-likeness (QED) is 0.100. The Kier molecular flexibility index (Phi) is 11.5. The Labute approximate surface area is 319 Å². The van der Waals surface area contributed by atoms with Crippen molar-refractivity contribution in [2.24, 2.45) is 0 Å². The zero-order valence-corrected chi connectivity index (χ0v) is 35.1. The minimum atomic E-state index is -2.41. The summed E-state index contributed by atoms with van der Waals surface area (Å²) in [4.78, 5) is -2.41. The molecule has 51 heavy (non-hydrogen) atoms. The summed E-state index contributed by atoms with van der Waals surface area (Å²) in [5.74, 6) is 1.18. The van der Waals surface area contributed by atoms with E-state index in [0.29, 0.717) is 23.7 Å². The van der Waals surface area contributed by atoms with Crippen LogP contribution < -0.4 is 21.2 Å². The van der Waals surface area contributed by atoms with Crippen LogP contribution in [0.3, 0.4) is 0 Å². The van der Waals surface area contributed by atoms with Crippen LogP contribution in [0.25, 0.3) is 11.4 Å². The molecule has 1 heterocycles. The lowest BCUT2D eigenvalue weighted by atomic mass is 9.13. The maximum Gasteiger partial charge on any atom is 0.265 e. The Hall–Kier alpha value is -3.20. The Morgan fingerprint density at radius 1 is 0.569 bits per heavy atom.